The van der Waals surface area contributed by atoms with E-state index >= 15 is 0 Å². The average Bonchev–Trinajstić information content (AvgIpc) is 2.04. The molecule has 5 heteroatoms. The Labute approximate surface area is 82.2 Å². The van der Waals surface area contributed by atoms with Crippen LogP contribution in [0.4, 0.5) is 4.39 Å². The highest BCUT2D eigenvalue weighted by Crippen LogP contribution is 2.13. The van der Waals surface area contributed by atoms with Crippen molar-refractivity contribution in [2.45, 2.75) is 0 Å². The van der Waals surface area contributed by atoms with Crippen molar-refractivity contribution < 1.29 is 9.31 Å². The molecule has 0 atom stereocenters. The van der Waals surface area contributed by atoms with E-state index in [1.807, 2.05) is 0 Å². The van der Waals surface area contributed by atoms with Gasteiger partial charge in [0.2, 0.25) is 0 Å². The van der Waals surface area contributed by atoms with E-state index in [0.29, 0.717) is 5.56 Å². The van der Waals surface area contributed by atoms with Gasteiger partial charge in [0.05, 0.1) is 4.92 Å². The first-order valence-corrected chi connectivity index (χ1v) is 4.16. The first kappa shape index (κ1) is 9.85. The Morgan fingerprint density at radius 2 is 2.31 bits per heavy atom. The monoisotopic (exact) mass is 245 g/mol. The minimum absolute atomic E-state index is 0.196. The molecule has 3 nitrogen and oxygen atoms in total. The number of hydrogen-bond acceptors (Lipinski definition) is 2. The van der Waals surface area contributed by atoms with Crippen LogP contribution in [0.2, 0.25) is 0 Å². The van der Waals surface area contributed by atoms with Gasteiger partial charge >= 0.3 is 4.61 Å². The van der Waals surface area contributed by atoms with Crippen LogP contribution in [0.15, 0.2) is 28.9 Å². The largest absolute Gasteiger partial charge is 0.311 e. The normalized spacial score (nSPS) is 11.4. The number of nitro groups is 1. The van der Waals surface area contributed by atoms with Crippen LogP contribution >= 0.6 is 15.9 Å². The molecule has 1 rings (SSSR count). The fraction of sp³-hybridized carbons (Fsp3) is 0. The Morgan fingerprint density at radius 3 is 2.85 bits per heavy atom. The van der Waals surface area contributed by atoms with Gasteiger partial charge in [0, 0.05) is 22.0 Å². The molecule has 0 saturated heterocycles. The summed E-state index contributed by atoms with van der Waals surface area (Å²) < 4.78 is 12.4. The molecular weight excluding hydrogens is 241 g/mol. The SMILES string of the molecule is O=[N+]([O-])/C(Br)=C/c1cccc(F)c1. The van der Waals surface area contributed by atoms with Crippen LogP contribution in [-0.2, 0) is 0 Å². The van der Waals surface area contributed by atoms with Gasteiger partial charge in [0.25, 0.3) is 0 Å². The molecule has 68 valence electrons. The third-order valence-electron chi connectivity index (χ3n) is 1.31. The molecule has 0 N–H and O–H groups in total. The Bertz CT molecular complexity index is 365. The molecule has 0 aliphatic rings. The van der Waals surface area contributed by atoms with E-state index < -0.39 is 10.7 Å². The summed E-state index contributed by atoms with van der Waals surface area (Å²) in [6, 6.07) is 5.55. The molecule has 0 aliphatic carbocycles. The van der Waals surface area contributed by atoms with Crippen molar-refractivity contribution in [3.63, 3.8) is 0 Å². The molecule has 0 aliphatic heterocycles. The van der Waals surface area contributed by atoms with Crippen molar-refractivity contribution in [3.8, 4) is 0 Å². The second kappa shape index (κ2) is 4.13. The minimum Gasteiger partial charge on any atom is -0.258 e. The van der Waals surface area contributed by atoms with Gasteiger partial charge in [-0.2, -0.15) is 0 Å². The topological polar surface area (TPSA) is 43.1 Å². The summed E-state index contributed by atoms with van der Waals surface area (Å²) in [5.41, 5.74) is 0.448. The summed E-state index contributed by atoms with van der Waals surface area (Å²) in [6.07, 6.45) is 1.24. The molecular formula is C8H5BrFNO2. The zero-order valence-electron chi connectivity index (χ0n) is 6.41. The van der Waals surface area contributed by atoms with Gasteiger partial charge in [0.15, 0.2) is 0 Å². The van der Waals surface area contributed by atoms with E-state index in [1.54, 1.807) is 6.07 Å². The number of hydrogen-bond donors (Lipinski definition) is 0. The Hall–Kier alpha value is -1.23. The van der Waals surface area contributed by atoms with Gasteiger partial charge in [-0.3, -0.25) is 10.1 Å². The Balaban J connectivity index is 2.97. The summed E-state index contributed by atoms with van der Waals surface area (Å²) in [5, 5.41) is 10.2. The van der Waals surface area contributed by atoms with Gasteiger partial charge in [-0.1, -0.05) is 12.1 Å². The van der Waals surface area contributed by atoms with Gasteiger partial charge in [-0.25, -0.2) is 4.39 Å². The highest BCUT2D eigenvalue weighted by atomic mass is 79.9. The summed E-state index contributed by atoms with van der Waals surface area (Å²) in [6.45, 7) is 0. The highest BCUT2D eigenvalue weighted by Gasteiger charge is 2.04. The van der Waals surface area contributed by atoms with E-state index in [4.69, 9.17) is 0 Å². The molecule has 0 saturated carbocycles. The minimum atomic E-state index is -0.592. The fourth-order valence-electron chi connectivity index (χ4n) is 0.787. The molecule has 0 heterocycles. The van der Waals surface area contributed by atoms with E-state index in [-0.39, 0.29) is 4.61 Å². The summed E-state index contributed by atoms with van der Waals surface area (Å²) in [5.74, 6) is -0.419. The molecule has 0 spiro atoms. The van der Waals surface area contributed by atoms with Gasteiger partial charge in [-0.15, -0.1) is 0 Å². The lowest BCUT2D eigenvalue weighted by Gasteiger charge is -1.92. The standard InChI is InChI=1S/C8H5BrFNO2/c9-8(11(12)13)5-6-2-1-3-7(10)4-6/h1-5H/b8-5+. The van der Waals surface area contributed by atoms with E-state index in [0.717, 1.165) is 0 Å². The average molecular weight is 246 g/mol. The van der Waals surface area contributed by atoms with Crippen LogP contribution in [0.1, 0.15) is 5.56 Å². The summed E-state index contributed by atoms with van der Waals surface area (Å²) in [7, 11) is 0. The van der Waals surface area contributed by atoms with Gasteiger partial charge in [0.1, 0.15) is 5.82 Å². The zero-order valence-corrected chi connectivity index (χ0v) is 7.99. The molecule has 0 aromatic heterocycles. The Kier molecular flexibility index (Phi) is 3.13. The second-order valence-electron chi connectivity index (χ2n) is 2.28. The van der Waals surface area contributed by atoms with Crippen molar-refractivity contribution in [2.75, 3.05) is 0 Å². The number of nitrogens with zero attached hydrogens (tertiary/aromatic N) is 1. The fourth-order valence-corrected chi connectivity index (χ4v) is 1.05. The molecule has 1 aromatic rings. The molecule has 0 radical (unpaired) electrons. The maximum Gasteiger partial charge on any atom is 0.311 e. The lowest BCUT2D eigenvalue weighted by atomic mass is 10.2. The lowest BCUT2D eigenvalue weighted by molar-refractivity contribution is -0.407. The lowest BCUT2D eigenvalue weighted by Crippen LogP contribution is -1.89. The number of benzene rings is 1. The van der Waals surface area contributed by atoms with Crippen LogP contribution in [0.5, 0.6) is 0 Å². The first-order chi connectivity index (χ1) is 6.09. The van der Waals surface area contributed by atoms with Gasteiger partial charge < -0.3 is 0 Å². The molecule has 0 unspecified atom stereocenters. The van der Waals surface area contributed by atoms with E-state index in [1.165, 1.54) is 24.3 Å². The Morgan fingerprint density at radius 1 is 1.62 bits per heavy atom. The van der Waals surface area contributed by atoms with Crippen LogP contribution in [0.25, 0.3) is 6.08 Å². The van der Waals surface area contributed by atoms with Gasteiger partial charge in [-0.05, 0) is 17.7 Å². The van der Waals surface area contributed by atoms with Crippen molar-refractivity contribution in [2.24, 2.45) is 0 Å². The maximum atomic E-state index is 12.6. The van der Waals surface area contributed by atoms with Crippen LogP contribution < -0.4 is 0 Å². The molecule has 0 bridgehead atoms. The number of rotatable bonds is 2. The quantitative estimate of drug-likeness (QED) is 0.457. The summed E-state index contributed by atoms with van der Waals surface area (Å²) in [4.78, 5) is 9.59. The maximum absolute atomic E-state index is 12.6. The van der Waals surface area contributed by atoms with Crippen LogP contribution in [0, 0.1) is 15.9 Å². The smallest absolute Gasteiger partial charge is 0.258 e. The third-order valence-corrected chi connectivity index (χ3v) is 1.83. The predicted octanol–water partition coefficient (Wildman–Crippen LogP) is 2.80. The van der Waals surface area contributed by atoms with Crippen molar-refractivity contribution in [1.29, 1.82) is 0 Å². The van der Waals surface area contributed by atoms with Crippen molar-refractivity contribution >= 4 is 22.0 Å². The number of halogens is 2. The zero-order chi connectivity index (χ0) is 9.84. The van der Waals surface area contributed by atoms with E-state index in [2.05, 4.69) is 15.9 Å². The molecule has 13 heavy (non-hydrogen) atoms. The van der Waals surface area contributed by atoms with Crippen LogP contribution in [-0.4, -0.2) is 4.92 Å². The van der Waals surface area contributed by atoms with Crippen molar-refractivity contribution in [1.82, 2.24) is 0 Å². The summed E-state index contributed by atoms with van der Waals surface area (Å²) >= 11 is 2.74. The highest BCUT2D eigenvalue weighted by molar-refractivity contribution is 9.11. The molecule has 1 aromatic carbocycles. The molecule has 0 fully saturated rings. The molecule has 0 amide bonds. The second-order valence-corrected chi connectivity index (χ2v) is 3.09. The van der Waals surface area contributed by atoms with Crippen LogP contribution in [0.3, 0.4) is 0 Å². The third kappa shape index (κ3) is 2.95. The van der Waals surface area contributed by atoms with Crippen molar-refractivity contribution in [3.05, 3.63) is 50.4 Å². The van der Waals surface area contributed by atoms with E-state index in [9.17, 15) is 14.5 Å². The first-order valence-electron chi connectivity index (χ1n) is 3.37. The predicted molar refractivity (Wildman–Crippen MR) is 50.3 cm³/mol.